The maximum Gasteiger partial charge on any atom is 0.272 e. The smallest absolute Gasteiger partial charge is 0.272 e. The highest BCUT2D eigenvalue weighted by atomic mass is 32.1. The molecule has 1 aromatic heterocycles. The quantitative estimate of drug-likeness (QED) is 0.384. The molecule has 3 aromatic rings. The van der Waals surface area contributed by atoms with Crippen LogP contribution in [0.25, 0.3) is 16.3 Å². The Morgan fingerprint density at radius 2 is 2.00 bits per heavy atom. The van der Waals surface area contributed by atoms with Gasteiger partial charge in [-0.25, -0.2) is 0 Å². The number of thiazole rings is 1. The second-order valence-electron chi connectivity index (χ2n) is 6.04. The number of non-ortho nitro benzene ring substituents is 1. The maximum atomic E-state index is 12.2. The van der Waals surface area contributed by atoms with Gasteiger partial charge in [-0.2, -0.15) is 4.99 Å². The van der Waals surface area contributed by atoms with Crippen LogP contribution in [0.4, 0.5) is 5.69 Å². The number of nitro benzene ring substituents is 1. The number of benzene rings is 2. The van der Waals surface area contributed by atoms with Crippen LogP contribution in [0.2, 0.25) is 0 Å². The SMILES string of the molecule is Cn1c(=NC(=O)C=Cc2cccc([N+](=O)[O-])c2)sc2cc3c(cc21)OCCO3. The number of amides is 1. The third-order valence-corrected chi connectivity index (χ3v) is 5.27. The number of carbonyl (C=O) groups excluding carboxylic acids is 1. The molecule has 1 aliphatic rings. The number of carbonyl (C=O) groups is 1. The lowest BCUT2D eigenvalue weighted by atomic mass is 10.2. The molecule has 0 aliphatic carbocycles. The predicted octanol–water partition coefficient (Wildman–Crippen LogP) is 3.06. The van der Waals surface area contributed by atoms with Crippen molar-refractivity contribution in [3.63, 3.8) is 0 Å². The Morgan fingerprint density at radius 3 is 2.75 bits per heavy atom. The molecule has 0 saturated carbocycles. The van der Waals surface area contributed by atoms with E-state index in [0.29, 0.717) is 35.1 Å². The molecule has 2 aromatic carbocycles. The van der Waals surface area contributed by atoms with Gasteiger partial charge in [-0.15, -0.1) is 0 Å². The molecule has 1 amide bonds. The molecule has 9 heteroatoms. The van der Waals surface area contributed by atoms with E-state index in [1.807, 2.05) is 23.7 Å². The summed E-state index contributed by atoms with van der Waals surface area (Å²) in [5.41, 5.74) is 1.42. The minimum Gasteiger partial charge on any atom is -0.486 e. The minimum atomic E-state index is -0.478. The minimum absolute atomic E-state index is 0.0316. The summed E-state index contributed by atoms with van der Waals surface area (Å²) < 4.78 is 13.9. The first-order valence-electron chi connectivity index (χ1n) is 8.42. The zero-order valence-electron chi connectivity index (χ0n) is 14.8. The van der Waals surface area contributed by atoms with Crippen molar-refractivity contribution in [1.29, 1.82) is 0 Å². The highest BCUT2D eigenvalue weighted by molar-refractivity contribution is 7.16. The molecule has 0 unspecified atom stereocenters. The van der Waals surface area contributed by atoms with Crippen molar-refractivity contribution in [2.75, 3.05) is 13.2 Å². The summed E-state index contributed by atoms with van der Waals surface area (Å²) in [5.74, 6) is 0.908. The molecular weight excluding hydrogens is 382 g/mol. The largest absolute Gasteiger partial charge is 0.486 e. The number of aromatic nitrogens is 1. The van der Waals surface area contributed by atoms with Gasteiger partial charge in [-0.3, -0.25) is 14.9 Å². The monoisotopic (exact) mass is 397 g/mol. The molecule has 2 heterocycles. The zero-order chi connectivity index (χ0) is 19.7. The second kappa shape index (κ2) is 7.28. The first-order chi connectivity index (χ1) is 13.5. The van der Waals surface area contributed by atoms with E-state index >= 15 is 0 Å². The molecule has 8 nitrogen and oxygen atoms in total. The number of aryl methyl sites for hydroxylation is 1. The Balaban J connectivity index is 1.64. The molecule has 1 aliphatic heterocycles. The summed E-state index contributed by atoms with van der Waals surface area (Å²) in [6.45, 7) is 1.01. The second-order valence-corrected chi connectivity index (χ2v) is 7.05. The summed E-state index contributed by atoms with van der Waals surface area (Å²) in [6.07, 6.45) is 2.80. The van der Waals surface area contributed by atoms with Crippen LogP contribution < -0.4 is 14.3 Å². The van der Waals surface area contributed by atoms with Gasteiger partial charge in [-0.1, -0.05) is 23.5 Å². The number of nitrogens with zero attached hydrogens (tertiary/aromatic N) is 3. The molecule has 0 radical (unpaired) electrons. The molecule has 0 atom stereocenters. The van der Waals surface area contributed by atoms with Crippen LogP contribution in [0.3, 0.4) is 0 Å². The first-order valence-corrected chi connectivity index (χ1v) is 9.23. The summed E-state index contributed by atoms with van der Waals surface area (Å²) >= 11 is 1.37. The number of rotatable bonds is 3. The molecule has 0 fully saturated rings. The lowest BCUT2D eigenvalue weighted by Crippen LogP contribution is -2.15. The van der Waals surface area contributed by atoms with Crippen molar-refractivity contribution in [2.24, 2.45) is 12.0 Å². The fraction of sp³-hybridized carbons (Fsp3) is 0.158. The van der Waals surface area contributed by atoms with E-state index in [2.05, 4.69) is 4.99 Å². The van der Waals surface area contributed by atoms with Gasteiger partial charge in [0.05, 0.1) is 15.1 Å². The van der Waals surface area contributed by atoms with Crippen molar-refractivity contribution < 1.29 is 19.2 Å². The van der Waals surface area contributed by atoms with E-state index in [0.717, 1.165) is 10.2 Å². The van der Waals surface area contributed by atoms with Gasteiger partial charge < -0.3 is 14.0 Å². The molecule has 0 spiro atoms. The Labute approximate surface area is 163 Å². The topological polar surface area (TPSA) is 96.0 Å². The summed E-state index contributed by atoms with van der Waals surface area (Å²) in [6, 6.07) is 9.80. The van der Waals surface area contributed by atoms with Gasteiger partial charge in [0.15, 0.2) is 16.3 Å². The summed E-state index contributed by atoms with van der Waals surface area (Å²) in [5, 5.41) is 10.8. The third kappa shape index (κ3) is 3.52. The van der Waals surface area contributed by atoms with E-state index in [4.69, 9.17) is 9.47 Å². The molecule has 4 rings (SSSR count). The average Bonchev–Trinajstić information content (AvgIpc) is 2.99. The summed E-state index contributed by atoms with van der Waals surface area (Å²) in [4.78, 5) is 27.3. The molecule has 0 N–H and O–H groups in total. The van der Waals surface area contributed by atoms with Crippen LogP contribution in [0, 0.1) is 10.1 Å². The predicted molar refractivity (Wildman–Crippen MR) is 104 cm³/mol. The lowest BCUT2D eigenvalue weighted by Gasteiger charge is -2.18. The van der Waals surface area contributed by atoms with E-state index in [1.54, 1.807) is 12.1 Å². The van der Waals surface area contributed by atoms with Crippen molar-refractivity contribution in [1.82, 2.24) is 4.57 Å². The van der Waals surface area contributed by atoms with Crippen LogP contribution in [0.15, 0.2) is 47.5 Å². The number of fused-ring (bicyclic) bond motifs is 2. The third-order valence-electron chi connectivity index (χ3n) is 4.18. The highest BCUT2D eigenvalue weighted by Gasteiger charge is 2.15. The van der Waals surface area contributed by atoms with Crippen molar-refractivity contribution >= 4 is 39.2 Å². The molecule has 142 valence electrons. The van der Waals surface area contributed by atoms with Gasteiger partial charge in [-0.05, 0) is 11.6 Å². The number of hydrogen-bond acceptors (Lipinski definition) is 6. The van der Waals surface area contributed by atoms with Crippen LogP contribution in [0.1, 0.15) is 5.56 Å². The maximum absolute atomic E-state index is 12.2. The van der Waals surface area contributed by atoms with E-state index in [9.17, 15) is 14.9 Å². The van der Waals surface area contributed by atoms with E-state index in [-0.39, 0.29) is 5.69 Å². The fourth-order valence-electron chi connectivity index (χ4n) is 2.81. The standard InChI is InChI=1S/C19H15N3O5S/c1-21-14-10-15-16(27-8-7-26-15)11-17(14)28-19(21)20-18(23)6-5-12-3-2-4-13(9-12)22(24)25/h2-6,9-11H,7-8H2,1H3. The molecule has 0 bridgehead atoms. The van der Waals surface area contributed by atoms with E-state index in [1.165, 1.54) is 35.6 Å². The Morgan fingerprint density at radius 1 is 1.25 bits per heavy atom. The lowest BCUT2D eigenvalue weighted by molar-refractivity contribution is -0.384. The Hall–Kier alpha value is -3.46. The van der Waals surface area contributed by atoms with Crippen LogP contribution in [-0.4, -0.2) is 28.6 Å². The fourth-order valence-corrected chi connectivity index (χ4v) is 3.85. The van der Waals surface area contributed by atoms with Gasteiger partial charge in [0.25, 0.3) is 11.6 Å². The summed E-state index contributed by atoms with van der Waals surface area (Å²) in [7, 11) is 1.82. The number of ether oxygens (including phenoxy) is 2. The zero-order valence-corrected chi connectivity index (χ0v) is 15.6. The average molecular weight is 397 g/mol. The van der Waals surface area contributed by atoms with Crippen molar-refractivity contribution in [2.45, 2.75) is 0 Å². The normalized spacial score (nSPS) is 14.0. The molecule has 28 heavy (non-hydrogen) atoms. The van der Waals surface area contributed by atoms with Gasteiger partial charge in [0.1, 0.15) is 13.2 Å². The van der Waals surface area contributed by atoms with Crippen LogP contribution in [0.5, 0.6) is 11.5 Å². The number of hydrogen-bond donors (Lipinski definition) is 0. The van der Waals surface area contributed by atoms with Gasteiger partial charge >= 0.3 is 0 Å². The van der Waals surface area contributed by atoms with Crippen LogP contribution >= 0.6 is 11.3 Å². The molecular formula is C19H15N3O5S. The van der Waals surface area contributed by atoms with Crippen LogP contribution in [-0.2, 0) is 11.8 Å². The number of nitro groups is 1. The Bertz CT molecular complexity index is 1190. The van der Waals surface area contributed by atoms with Crippen molar-refractivity contribution in [3.05, 3.63) is 63.0 Å². The Kier molecular flexibility index (Phi) is 4.66. The van der Waals surface area contributed by atoms with Gasteiger partial charge in [0, 0.05) is 37.4 Å². The van der Waals surface area contributed by atoms with Gasteiger partial charge in [0.2, 0.25) is 0 Å². The first kappa shape index (κ1) is 17.9. The van der Waals surface area contributed by atoms with E-state index < -0.39 is 10.8 Å². The highest BCUT2D eigenvalue weighted by Crippen LogP contribution is 2.35. The molecule has 0 saturated heterocycles. The van der Waals surface area contributed by atoms with Crippen molar-refractivity contribution in [3.8, 4) is 11.5 Å².